The Morgan fingerprint density at radius 1 is 1.10 bits per heavy atom. The molecule has 9 heteroatoms. The molecular weight excluding hydrogens is 485 g/mol. The van der Waals surface area contributed by atoms with Crippen LogP contribution in [0.25, 0.3) is 0 Å². The lowest BCUT2D eigenvalue weighted by Gasteiger charge is -2.12. The fourth-order valence-corrected chi connectivity index (χ4v) is 2.57. The number of carbonyl (C=O) groups excluding carboxylic acids is 1. The predicted octanol–water partition coefficient (Wildman–Crippen LogP) is 2.87. The summed E-state index contributed by atoms with van der Waals surface area (Å²) in [5, 5.41) is 19.8. The van der Waals surface area contributed by atoms with Gasteiger partial charge in [0.1, 0.15) is 0 Å². The minimum Gasteiger partial charge on any atom is -0.357 e. The average Bonchev–Trinajstić information content (AvgIpc) is 2.72. The van der Waals surface area contributed by atoms with E-state index in [4.69, 9.17) is 0 Å². The van der Waals surface area contributed by atoms with E-state index in [2.05, 4.69) is 20.9 Å². The molecular formula is C20H26IN5O3. The zero-order valence-electron chi connectivity index (χ0n) is 16.5. The second-order valence-electron chi connectivity index (χ2n) is 6.08. The Labute approximate surface area is 187 Å². The number of guanidine groups is 1. The Bertz CT molecular complexity index is 840. The van der Waals surface area contributed by atoms with Gasteiger partial charge in [-0.15, -0.1) is 24.0 Å². The Kier molecular flexibility index (Phi) is 10.7. The van der Waals surface area contributed by atoms with E-state index in [1.165, 1.54) is 12.1 Å². The number of nitrogens with zero attached hydrogens (tertiary/aromatic N) is 2. The van der Waals surface area contributed by atoms with Crippen LogP contribution in [-0.4, -0.2) is 36.9 Å². The number of hydrogen-bond acceptors (Lipinski definition) is 4. The Morgan fingerprint density at radius 3 is 2.45 bits per heavy atom. The molecule has 0 atom stereocenters. The highest BCUT2D eigenvalue weighted by Gasteiger charge is 2.05. The van der Waals surface area contributed by atoms with Crippen LogP contribution < -0.4 is 16.0 Å². The van der Waals surface area contributed by atoms with E-state index < -0.39 is 4.92 Å². The van der Waals surface area contributed by atoms with E-state index in [-0.39, 0.29) is 35.6 Å². The molecule has 0 unspecified atom stereocenters. The standard InChI is InChI=1S/C20H25N5O3.HI/c1-3-22-20(24-14-16-7-9-18(10-8-16)25(27)28)23-12-11-15-5-4-6-17(13-15)19(26)21-2;/h4-10,13H,3,11-12,14H2,1-2H3,(H,21,26)(H2,22,23,24);1H. The van der Waals surface area contributed by atoms with Crippen molar-refractivity contribution in [3.8, 4) is 0 Å². The lowest BCUT2D eigenvalue weighted by molar-refractivity contribution is -0.384. The van der Waals surface area contributed by atoms with Crippen molar-refractivity contribution in [1.29, 1.82) is 0 Å². The van der Waals surface area contributed by atoms with E-state index >= 15 is 0 Å². The molecule has 0 aliphatic heterocycles. The van der Waals surface area contributed by atoms with Crippen molar-refractivity contribution in [3.63, 3.8) is 0 Å². The lowest BCUT2D eigenvalue weighted by atomic mass is 10.1. The second kappa shape index (κ2) is 12.7. The summed E-state index contributed by atoms with van der Waals surface area (Å²) in [6, 6.07) is 13.9. The first-order valence-corrected chi connectivity index (χ1v) is 9.10. The summed E-state index contributed by atoms with van der Waals surface area (Å²) >= 11 is 0. The smallest absolute Gasteiger partial charge is 0.269 e. The number of non-ortho nitro benzene ring substituents is 1. The Balaban J connectivity index is 0.00000420. The number of rotatable bonds is 8. The summed E-state index contributed by atoms with van der Waals surface area (Å²) < 4.78 is 0. The third-order valence-corrected chi connectivity index (χ3v) is 4.03. The maximum Gasteiger partial charge on any atom is 0.269 e. The molecule has 0 spiro atoms. The SMILES string of the molecule is CCNC(=NCc1ccc([N+](=O)[O-])cc1)NCCc1cccc(C(=O)NC)c1.I. The topological polar surface area (TPSA) is 109 Å². The number of nitrogens with one attached hydrogen (secondary N) is 3. The molecule has 3 N–H and O–H groups in total. The number of amides is 1. The molecule has 0 radical (unpaired) electrons. The van der Waals surface area contributed by atoms with Crippen LogP contribution in [0, 0.1) is 10.1 Å². The number of nitro benzene ring substituents is 1. The fourth-order valence-electron chi connectivity index (χ4n) is 2.57. The average molecular weight is 511 g/mol. The quantitative estimate of drug-likeness (QED) is 0.166. The summed E-state index contributed by atoms with van der Waals surface area (Å²) in [7, 11) is 1.61. The van der Waals surface area contributed by atoms with Crippen LogP contribution in [0.15, 0.2) is 53.5 Å². The molecule has 29 heavy (non-hydrogen) atoms. The van der Waals surface area contributed by atoms with Crippen molar-refractivity contribution in [1.82, 2.24) is 16.0 Å². The molecule has 0 saturated carbocycles. The van der Waals surface area contributed by atoms with Crippen LogP contribution in [0.4, 0.5) is 5.69 Å². The van der Waals surface area contributed by atoms with E-state index in [0.29, 0.717) is 24.6 Å². The molecule has 0 saturated heterocycles. The van der Waals surface area contributed by atoms with Crippen molar-refractivity contribution >= 4 is 41.5 Å². The normalized spacial score (nSPS) is 10.6. The highest BCUT2D eigenvalue weighted by molar-refractivity contribution is 14.0. The highest BCUT2D eigenvalue weighted by atomic mass is 127. The number of halogens is 1. The zero-order valence-corrected chi connectivity index (χ0v) is 18.8. The van der Waals surface area contributed by atoms with Crippen LogP contribution >= 0.6 is 24.0 Å². The molecule has 0 heterocycles. The summed E-state index contributed by atoms with van der Waals surface area (Å²) in [6.07, 6.45) is 0.743. The Hall–Kier alpha value is -2.69. The Morgan fingerprint density at radius 2 is 1.83 bits per heavy atom. The second-order valence-corrected chi connectivity index (χ2v) is 6.08. The van der Waals surface area contributed by atoms with Gasteiger partial charge in [-0.05, 0) is 36.6 Å². The van der Waals surface area contributed by atoms with Crippen molar-refractivity contribution in [2.45, 2.75) is 19.9 Å². The first-order valence-electron chi connectivity index (χ1n) is 9.10. The predicted molar refractivity (Wildman–Crippen MR) is 125 cm³/mol. The third-order valence-electron chi connectivity index (χ3n) is 4.03. The molecule has 156 valence electrons. The van der Waals surface area contributed by atoms with E-state index in [1.54, 1.807) is 25.2 Å². The number of carbonyl (C=O) groups is 1. The summed E-state index contributed by atoms with van der Waals surface area (Å²) in [5.41, 5.74) is 2.65. The number of hydrogen-bond donors (Lipinski definition) is 3. The van der Waals surface area contributed by atoms with Gasteiger partial charge >= 0.3 is 0 Å². The first-order chi connectivity index (χ1) is 13.5. The molecule has 2 rings (SSSR count). The highest BCUT2D eigenvalue weighted by Crippen LogP contribution is 2.12. The van der Waals surface area contributed by atoms with Crippen LogP contribution in [0.2, 0.25) is 0 Å². The first kappa shape index (κ1) is 24.3. The van der Waals surface area contributed by atoms with Gasteiger partial charge in [0.15, 0.2) is 5.96 Å². The van der Waals surface area contributed by atoms with Gasteiger partial charge in [-0.25, -0.2) is 4.99 Å². The van der Waals surface area contributed by atoms with Gasteiger partial charge in [0.2, 0.25) is 0 Å². The monoisotopic (exact) mass is 511 g/mol. The number of benzene rings is 2. The molecule has 0 aliphatic rings. The van der Waals surface area contributed by atoms with Crippen LogP contribution in [0.3, 0.4) is 0 Å². The summed E-state index contributed by atoms with van der Waals surface area (Å²) in [5.74, 6) is 0.566. The van der Waals surface area contributed by atoms with Gasteiger partial charge < -0.3 is 16.0 Å². The zero-order chi connectivity index (χ0) is 20.4. The molecule has 8 nitrogen and oxygen atoms in total. The van der Waals surface area contributed by atoms with Gasteiger partial charge in [-0.1, -0.05) is 24.3 Å². The van der Waals surface area contributed by atoms with Crippen molar-refractivity contribution < 1.29 is 9.72 Å². The van der Waals surface area contributed by atoms with Gasteiger partial charge in [0.05, 0.1) is 11.5 Å². The van der Waals surface area contributed by atoms with E-state index in [0.717, 1.165) is 24.1 Å². The minimum absolute atomic E-state index is 0. The van der Waals surface area contributed by atoms with Crippen molar-refractivity contribution in [3.05, 3.63) is 75.3 Å². The van der Waals surface area contributed by atoms with Gasteiger partial charge in [-0.3, -0.25) is 14.9 Å². The third kappa shape index (κ3) is 8.06. The van der Waals surface area contributed by atoms with Crippen LogP contribution in [0.5, 0.6) is 0 Å². The van der Waals surface area contributed by atoms with E-state index in [1.807, 2.05) is 25.1 Å². The van der Waals surface area contributed by atoms with Gasteiger partial charge in [0, 0.05) is 37.8 Å². The van der Waals surface area contributed by atoms with Crippen LogP contribution in [-0.2, 0) is 13.0 Å². The molecule has 2 aromatic rings. The minimum atomic E-state index is -0.419. The largest absolute Gasteiger partial charge is 0.357 e. The van der Waals surface area contributed by atoms with Gasteiger partial charge in [0.25, 0.3) is 11.6 Å². The maximum atomic E-state index is 11.7. The maximum absolute atomic E-state index is 11.7. The molecule has 0 aromatic heterocycles. The molecule has 0 bridgehead atoms. The number of aliphatic imine (C=N–C) groups is 1. The molecule has 0 fully saturated rings. The van der Waals surface area contributed by atoms with Gasteiger partial charge in [-0.2, -0.15) is 0 Å². The molecule has 2 aromatic carbocycles. The summed E-state index contributed by atoms with van der Waals surface area (Å²) in [4.78, 5) is 26.5. The summed E-state index contributed by atoms with van der Waals surface area (Å²) in [6.45, 7) is 3.77. The molecule has 0 aliphatic carbocycles. The van der Waals surface area contributed by atoms with Crippen molar-refractivity contribution in [2.24, 2.45) is 4.99 Å². The van der Waals surface area contributed by atoms with E-state index in [9.17, 15) is 14.9 Å². The fraction of sp³-hybridized carbons (Fsp3) is 0.300. The lowest BCUT2D eigenvalue weighted by Crippen LogP contribution is -2.38. The number of nitro groups is 1. The van der Waals surface area contributed by atoms with Crippen LogP contribution in [0.1, 0.15) is 28.4 Å². The molecule has 1 amide bonds. The van der Waals surface area contributed by atoms with Crippen molar-refractivity contribution in [2.75, 3.05) is 20.1 Å².